The molecule has 5 nitrogen and oxygen atoms in total. The van der Waals surface area contributed by atoms with E-state index < -0.39 is 0 Å². The molecule has 0 saturated heterocycles. The van der Waals surface area contributed by atoms with Gasteiger partial charge in [-0.25, -0.2) is 4.39 Å². The highest BCUT2D eigenvalue weighted by molar-refractivity contribution is 5.93. The van der Waals surface area contributed by atoms with Crippen LogP contribution >= 0.6 is 0 Å². The van der Waals surface area contributed by atoms with Crippen molar-refractivity contribution in [1.82, 2.24) is 4.90 Å². The summed E-state index contributed by atoms with van der Waals surface area (Å²) in [6, 6.07) is 22.1. The van der Waals surface area contributed by atoms with E-state index in [9.17, 15) is 14.0 Å². The van der Waals surface area contributed by atoms with E-state index in [0.717, 1.165) is 53.7 Å². The molecule has 1 atom stereocenters. The zero-order valence-electron chi connectivity index (χ0n) is 22.6. The second kappa shape index (κ2) is 12.7. The fraction of sp³-hybridized carbons (Fsp3) is 0.375. The molecular formula is C32H38FN3O2. The maximum absolute atomic E-state index is 14.0. The zero-order valence-corrected chi connectivity index (χ0v) is 22.6. The molecule has 0 bridgehead atoms. The van der Waals surface area contributed by atoms with E-state index in [2.05, 4.69) is 5.32 Å². The van der Waals surface area contributed by atoms with Crippen molar-refractivity contribution in [2.24, 2.45) is 5.92 Å². The minimum absolute atomic E-state index is 0.0214. The number of hydrogen-bond acceptors (Lipinski definition) is 3. The second-order valence-corrected chi connectivity index (χ2v) is 10.4. The average molecular weight is 516 g/mol. The Hall–Kier alpha value is -3.67. The number of halogens is 1. The van der Waals surface area contributed by atoms with Crippen molar-refractivity contribution < 1.29 is 14.0 Å². The van der Waals surface area contributed by atoms with Crippen molar-refractivity contribution in [2.45, 2.75) is 58.0 Å². The first kappa shape index (κ1) is 27.4. The summed E-state index contributed by atoms with van der Waals surface area (Å²) in [6.45, 7) is 2.74. The van der Waals surface area contributed by atoms with Crippen LogP contribution in [0.5, 0.6) is 0 Å². The molecule has 0 heterocycles. The second-order valence-electron chi connectivity index (χ2n) is 10.4. The van der Waals surface area contributed by atoms with Crippen LogP contribution in [-0.4, -0.2) is 30.8 Å². The van der Waals surface area contributed by atoms with Gasteiger partial charge in [-0.05, 0) is 66.3 Å². The first-order chi connectivity index (χ1) is 18.4. The Kier molecular flexibility index (Phi) is 9.16. The summed E-state index contributed by atoms with van der Waals surface area (Å²) < 4.78 is 13.6. The number of carbonyl (C=O) groups excluding carboxylic acids is 2. The van der Waals surface area contributed by atoms with Gasteiger partial charge in [-0.3, -0.25) is 9.59 Å². The van der Waals surface area contributed by atoms with Crippen LogP contribution in [0.25, 0.3) is 0 Å². The predicted octanol–water partition coefficient (Wildman–Crippen LogP) is 6.74. The van der Waals surface area contributed by atoms with E-state index in [0.29, 0.717) is 19.5 Å². The third-order valence-corrected chi connectivity index (χ3v) is 7.42. The van der Waals surface area contributed by atoms with E-state index in [1.807, 2.05) is 79.3 Å². The first-order valence-electron chi connectivity index (χ1n) is 13.5. The normalized spacial score (nSPS) is 14.2. The molecule has 1 fully saturated rings. The van der Waals surface area contributed by atoms with Crippen molar-refractivity contribution in [3.05, 3.63) is 95.3 Å². The Bertz CT molecular complexity index is 1220. The molecule has 200 valence electrons. The summed E-state index contributed by atoms with van der Waals surface area (Å²) in [4.78, 5) is 30.7. The van der Waals surface area contributed by atoms with Gasteiger partial charge in [-0.2, -0.15) is 0 Å². The van der Waals surface area contributed by atoms with E-state index in [1.165, 1.54) is 12.1 Å². The Morgan fingerprint density at radius 3 is 2.26 bits per heavy atom. The predicted molar refractivity (Wildman–Crippen MR) is 151 cm³/mol. The zero-order chi connectivity index (χ0) is 27.1. The van der Waals surface area contributed by atoms with Gasteiger partial charge < -0.3 is 15.1 Å². The monoisotopic (exact) mass is 515 g/mol. The van der Waals surface area contributed by atoms with Crippen LogP contribution in [0.4, 0.5) is 15.8 Å². The molecule has 3 aromatic rings. The van der Waals surface area contributed by atoms with Crippen LogP contribution in [0.1, 0.15) is 61.6 Å². The van der Waals surface area contributed by atoms with Crippen LogP contribution in [0.3, 0.4) is 0 Å². The number of rotatable bonds is 10. The van der Waals surface area contributed by atoms with Crippen molar-refractivity contribution in [3.63, 3.8) is 0 Å². The Labute approximate surface area is 225 Å². The maximum Gasteiger partial charge on any atom is 0.230 e. The molecule has 1 aliphatic carbocycles. The van der Waals surface area contributed by atoms with Gasteiger partial charge in [0, 0.05) is 44.5 Å². The van der Waals surface area contributed by atoms with Crippen LogP contribution in [-0.2, 0) is 22.7 Å². The summed E-state index contributed by atoms with van der Waals surface area (Å²) in [5.74, 6) is -0.430. The van der Waals surface area contributed by atoms with Crippen molar-refractivity contribution in [2.75, 3.05) is 24.3 Å². The summed E-state index contributed by atoms with van der Waals surface area (Å²) in [6.07, 6.45) is 4.74. The fourth-order valence-corrected chi connectivity index (χ4v) is 5.34. The SMILES string of the molecule is CC[C@@H](C(=O)N(Cc1ccc(F)cc1)Cc1cc(NC(=O)C2CCCC2)ccc1N(C)C)c1ccccc1. The van der Waals surface area contributed by atoms with Gasteiger partial charge in [-0.1, -0.05) is 62.2 Å². The third kappa shape index (κ3) is 6.80. The largest absolute Gasteiger partial charge is 0.377 e. The van der Waals surface area contributed by atoms with Crippen LogP contribution in [0, 0.1) is 11.7 Å². The van der Waals surface area contributed by atoms with E-state index in [1.54, 1.807) is 12.1 Å². The molecule has 4 rings (SSSR count). The van der Waals surface area contributed by atoms with Crippen molar-refractivity contribution in [3.8, 4) is 0 Å². The molecular weight excluding hydrogens is 477 g/mol. The summed E-state index contributed by atoms with van der Waals surface area (Å²) in [5, 5.41) is 3.11. The minimum atomic E-state index is -0.303. The summed E-state index contributed by atoms with van der Waals surface area (Å²) in [7, 11) is 3.95. The molecule has 38 heavy (non-hydrogen) atoms. The lowest BCUT2D eigenvalue weighted by Gasteiger charge is -2.29. The topological polar surface area (TPSA) is 52.7 Å². The van der Waals surface area contributed by atoms with Crippen molar-refractivity contribution in [1.29, 1.82) is 0 Å². The van der Waals surface area contributed by atoms with Gasteiger partial charge in [-0.15, -0.1) is 0 Å². The molecule has 0 aliphatic heterocycles. The van der Waals surface area contributed by atoms with Gasteiger partial charge in [0.25, 0.3) is 0 Å². The maximum atomic E-state index is 14.0. The minimum Gasteiger partial charge on any atom is -0.377 e. The fourth-order valence-electron chi connectivity index (χ4n) is 5.34. The van der Waals surface area contributed by atoms with Crippen LogP contribution in [0.2, 0.25) is 0 Å². The average Bonchev–Trinajstić information content (AvgIpc) is 3.46. The molecule has 1 N–H and O–H groups in total. The molecule has 3 aromatic carbocycles. The lowest BCUT2D eigenvalue weighted by Crippen LogP contribution is -2.34. The lowest BCUT2D eigenvalue weighted by atomic mass is 9.94. The third-order valence-electron chi connectivity index (χ3n) is 7.42. The number of amides is 2. The number of benzene rings is 3. The smallest absolute Gasteiger partial charge is 0.230 e. The Morgan fingerprint density at radius 2 is 1.63 bits per heavy atom. The lowest BCUT2D eigenvalue weighted by molar-refractivity contribution is -0.134. The number of carbonyl (C=O) groups is 2. The standard InChI is InChI=1S/C32H38FN3O2/c1-4-29(24-10-6-5-7-11-24)32(38)36(21-23-14-16-27(33)17-15-23)22-26-20-28(18-19-30(26)35(2)3)34-31(37)25-12-8-9-13-25/h5-7,10-11,14-20,25,29H,4,8-9,12-13,21-22H2,1-3H3,(H,34,37)/t29-/m1/s1. The summed E-state index contributed by atoms with van der Waals surface area (Å²) in [5.41, 5.74) is 4.51. The molecule has 1 aliphatic rings. The molecule has 0 radical (unpaired) electrons. The molecule has 1 saturated carbocycles. The molecule has 2 amide bonds. The van der Waals surface area contributed by atoms with Crippen LogP contribution < -0.4 is 10.2 Å². The van der Waals surface area contributed by atoms with Gasteiger partial charge >= 0.3 is 0 Å². The highest BCUT2D eigenvalue weighted by Gasteiger charge is 2.27. The molecule has 0 spiro atoms. The highest BCUT2D eigenvalue weighted by Crippen LogP contribution is 2.30. The first-order valence-corrected chi connectivity index (χ1v) is 13.5. The number of hydrogen-bond donors (Lipinski definition) is 1. The van der Waals surface area contributed by atoms with Gasteiger partial charge in [0.05, 0.1) is 5.92 Å². The highest BCUT2D eigenvalue weighted by atomic mass is 19.1. The quantitative estimate of drug-likeness (QED) is 0.325. The number of nitrogens with zero attached hydrogens (tertiary/aromatic N) is 2. The van der Waals surface area contributed by atoms with E-state index in [-0.39, 0.29) is 29.5 Å². The van der Waals surface area contributed by atoms with Crippen LogP contribution in [0.15, 0.2) is 72.8 Å². The Morgan fingerprint density at radius 1 is 0.947 bits per heavy atom. The van der Waals surface area contributed by atoms with Gasteiger partial charge in [0.1, 0.15) is 5.82 Å². The number of anilines is 2. The van der Waals surface area contributed by atoms with E-state index >= 15 is 0 Å². The molecule has 6 heteroatoms. The van der Waals surface area contributed by atoms with Gasteiger partial charge in [0.2, 0.25) is 11.8 Å². The van der Waals surface area contributed by atoms with Crippen molar-refractivity contribution >= 4 is 23.2 Å². The van der Waals surface area contributed by atoms with Gasteiger partial charge in [0.15, 0.2) is 0 Å². The number of nitrogens with one attached hydrogen (secondary N) is 1. The van der Waals surface area contributed by atoms with E-state index in [4.69, 9.17) is 0 Å². The molecule has 0 aromatic heterocycles. The molecule has 0 unspecified atom stereocenters. The summed E-state index contributed by atoms with van der Waals surface area (Å²) >= 11 is 0. The Balaban J connectivity index is 1.65.